The lowest BCUT2D eigenvalue weighted by Crippen LogP contribution is -2.47. The van der Waals surface area contributed by atoms with E-state index in [1.54, 1.807) is 0 Å². The van der Waals surface area contributed by atoms with Gasteiger partial charge < -0.3 is 15.5 Å². The van der Waals surface area contributed by atoms with Gasteiger partial charge in [0.25, 0.3) is 0 Å². The van der Waals surface area contributed by atoms with Crippen molar-refractivity contribution in [1.82, 2.24) is 9.80 Å². The van der Waals surface area contributed by atoms with E-state index in [9.17, 15) is 5.26 Å². The van der Waals surface area contributed by atoms with Gasteiger partial charge in [-0.05, 0) is 65.2 Å². The highest BCUT2D eigenvalue weighted by atomic mass is 15.2. The Morgan fingerprint density at radius 2 is 2.21 bits per heavy atom. The summed E-state index contributed by atoms with van der Waals surface area (Å²) < 4.78 is 0. The smallest absolute Gasteiger partial charge is 0.107 e. The number of piperidine rings is 1. The van der Waals surface area contributed by atoms with E-state index < -0.39 is 5.54 Å². The fraction of sp³-hybridized carbons (Fsp3) is 0.933. The van der Waals surface area contributed by atoms with Gasteiger partial charge in [0, 0.05) is 12.6 Å². The molecule has 0 amide bonds. The van der Waals surface area contributed by atoms with Gasteiger partial charge in [-0.25, -0.2) is 0 Å². The SMILES string of the molecule is CN1CCCC(N(C)CCC2CCCC2(N)C#N)C1. The third-order valence-electron chi connectivity index (χ3n) is 5.13. The lowest BCUT2D eigenvalue weighted by atomic mass is 9.87. The summed E-state index contributed by atoms with van der Waals surface area (Å²) in [5, 5.41) is 9.25. The van der Waals surface area contributed by atoms with Gasteiger partial charge in [0.1, 0.15) is 5.54 Å². The Morgan fingerprint density at radius 3 is 2.89 bits per heavy atom. The van der Waals surface area contributed by atoms with Crippen molar-refractivity contribution < 1.29 is 0 Å². The highest BCUT2D eigenvalue weighted by Crippen LogP contribution is 2.35. The van der Waals surface area contributed by atoms with E-state index >= 15 is 0 Å². The van der Waals surface area contributed by atoms with Crippen LogP contribution in [0.25, 0.3) is 0 Å². The average molecular weight is 264 g/mol. The Hall–Kier alpha value is -0.630. The number of rotatable bonds is 4. The van der Waals surface area contributed by atoms with Crippen LogP contribution in [-0.2, 0) is 0 Å². The number of likely N-dealkylation sites (N-methyl/N-ethyl adjacent to an activating group) is 2. The molecule has 3 unspecified atom stereocenters. The fourth-order valence-corrected chi connectivity index (χ4v) is 3.69. The second-order valence-corrected chi connectivity index (χ2v) is 6.57. The van der Waals surface area contributed by atoms with Crippen molar-refractivity contribution in [2.24, 2.45) is 11.7 Å². The first kappa shape index (κ1) is 14.8. The van der Waals surface area contributed by atoms with Crippen molar-refractivity contribution in [2.45, 2.75) is 50.1 Å². The topological polar surface area (TPSA) is 56.3 Å². The summed E-state index contributed by atoms with van der Waals surface area (Å²) >= 11 is 0. The molecule has 0 spiro atoms. The maximum atomic E-state index is 9.25. The predicted molar refractivity (Wildman–Crippen MR) is 77.6 cm³/mol. The second kappa shape index (κ2) is 6.21. The van der Waals surface area contributed by atoms with E-state index in [0.29, 0.717) is 12.0 Å². The molecule has 1 heterocycles. The minimum absolute atomic E-state index is 0.390. The quantitative estimate of drug-likeness (QED) is 0.834. The van der Waals surface area contributed by atoms with Crippen LogP contribution in [0.2, 0.25) is 0 Å². The lowest BCUT2D eigenvalue weighted by Gasteiger charge is -2.36. The molecule has 108 valence electrons. The minimum Gasteiger partial charge on any atom is -0.313 e. The molecule has 3 atom stereocenters. The van der Waals surface area contributed by atoms with Crippen molar-refractivity contribution in [3.63, 3.8) is 0 Å². The van der Waals surface area contributed by atoms with Gasteiger partial charge in [0.2, 0.25) is 0 Å². The summed E-state index contributed by atoms with van der Waals surface area (Å²) in [6.07, 6.45) is 6.80. The highest BCUT2D eigenvalue weighted by Gasteiger charge is 2.39. The Morgan fingerprint density at radius 1 is 1.42 bits per heavy atom. The maximum Gasteiger partial charge on any atom is 0.107 e. The molecule has 0 aromatic heterocycles. The zero-order valence-corrected chi connectivity index (χ0v) is 12.4. The summed E-state index contributed by atoms with van der Waals surface area (Å²) in [5.74, 6) is 0.390. The molecule has 0 aromatic rings. The zero-order valence-electron chi connectivity index (χ0n) is 12.4. The Labute approximate surface area is 117 Å². The van der Waals surface area contributed by atoms with Crippen molar-refractivity contribution in [1.29, 1.82) is 5.26 Å². The Balaban J connectivity index is 1.80. The molecule has 4 nitrogen and oxygen atoms in total. The normalized spacial score (nSPS) is 36.6. The van der Waals surface area contributed by atoms with Gasteiger partial charge in [-0.1, -0.05) is 6.42 Å². The van der Waals surface area contributed by atoms with E-state index in [1.165, 1.54) is 25.9 Å². The van der Waals surface area contributed by atoms with Gasteiger partial charge in [0.05, 0.1) is 6.07 Å². The van der Waals surface area contributed by atoms with Crippen molar-refractivity contribution in [3.05, 3.63) is 0 Å². The molecule has 2 aliphatic rings. The maximum absolute atomic E-state index is 9.25. The number of hydrogen-bond donors (Lipinski definition) is 1. The summed E-state index contributed by atoms with van der Waals surface area (Å²) in [6, 6.07) is 3.03. The zero-order chi connectivity index (χ0) is 13.9. The second-order valence-electron chi connectivity index (χ2n) is 6.57. The monoisotopic (exact) mass is 264 g/mol. The van der Waals surface area contributed by atoms with Crippen LogP contribution >= 0.6 is 0 Å². The third kappa shape index (κ3) is 3.47. The lowest BCUT2D eigenvalue weighted by molar-refractivity contribution is 0.126. The number of nitriles is 1. The molecule has 4 heteroatoms. The van der Waals surface area contributed by atoms with E-state index in [1.807, 2.05) is 0 Å². The standard InChI is InChI=1S/C15H28N4/c1-18-9-4-6-14(11-18)19(2)10-7-13-5-3-8-15(13,17)12-16/h13-14H,3-11,17H2,1-2H3. The van der Waals surface area contributed by atoms with Crippen LogP contribution in [0.5, 0.6) is 0 Å². The van der Waals surface area contributed by atoms with Gasteiger partial charge in [-0.2, -0.15) is 5.26 Å². The molecular formula is C15H28N4. The number of hydrogen-bond acceptors (Lipinski definition) is 4. The first-order chi connectivity index (χ1) is 9.05. The van der Waals surface area contributed by atoms with Crippen LogP contribution < -0.4 is 5.73 Å². The number of nitrogens with zero attached hydrogens (tertiary/aromatic N) is 3. The van der Waals surface area contributed by atoms with Crippen LogP contribution in [0.3, 0.4) is 0 Å². The fourth-order valence-electron chi connectivity index (χ4n) is 3.69. The van der Waals surface area contributed by atoms with Gasteiger partial charge in [-0.15, -0.1) is 0 Å². The van der Waals surface area contributed by atoms with Crippen molar-refractivity contribution in [2.75, 3.05) is 33.7 Å². The summed E-state index contributed by atoms with van der Waals surface area (Å²) in [5.41, 5.74) is 5.65. The highest BCUT2D eigenvalue weighted by molar-refractivity contribution is 5.12. The molecule has 0 bridgehead atoms. The molecule has 1 aliphatic heterocycles. The predicted octanol–water partition coefficient (Wildman–Crippen LogP) is 1.42. The molecule has 2 N–H and O–H groups in total. The molecule has 0 radical (unpaired) electrons. The van der Waals surface area contributed by atoms with Gasteiger partial charge >= 0.3 is 0 Å². The average Bonchev–Trinajstić information content (AvgIpc) is 2.78. The molecule has 19 heavy (non-hydrogen) atoms. The van der Waals surface area contributed by atoms with Gasteiger partial charge in [0.15, 0.2) is 0 Å². The first-order valence-electron chi connectivity index (χ1n) is 7.64. The third-order valence-corrected chi connectivity index (χ3v) is 5.13. The number of nitrogens with two attached hydrogens (primary N) is 1. The van der Waals surface area contributed by atoms with Gasteiger partial charge in [-0.3, -0.25) is 0 Å². The van der Waals surface area contributed by atoms with Crippen molar-refractivity contribution >= 4 is 0 Å². The van der Waals surface area contributed by atoms with E-state index in [-0.39, 0.29) is 0 Å². The molecule has 1 saturated carbocycles. The van der Waals surface area contributed by atoms with Crippen LogP contribution in [0.1, 0.15) is 38.5 Å². The molecule has 1 aliphatic carbocycles. The summed E-state index contributed by atoms with van der Waals surface area (Å²) in [6.45, 7) is 3.48. The van der Waals surface area contributed by atoms with Crippen LogP contribution in [0, 0.1) is 17.2 Å². The van der Waals surface area contributed by atoms with E-state index in [4.69, 9.17) is 5.73 Å². The molecule has 2 rings (SSSR count). The summed E-state index contributed by atoms with van der Waals surface area (Å²) in [4.78, 5) is 4.90. The molecule has 2 fully saturated rings. The minimum atomic E-state index is -0.551. The Bertz CT molecular complexity index is 338. The van der Waals surface area contributed by atoms with Crippen LogP contribution in [0.4, 0.5) is 0 Å². The first-order valence-corrected chi connectivity index (χ1v) is 7.64. The molecule has 1 saturated heterocycles. The van der Waals surface area contributed by atoms with Crippen molar-refractivity contribution in [3.8, 4) is 6.07 Å². The van der Waals surface area contributed by atoms with Crippen LogP contribution in [0.15, 0.2) is 0 Å². The van der Waals surface area contributed by atoms with E-state index in [2.05, 4.69) is 30.0 Å². The van der Waals surface area contributed by atoms with E-state index in [0.717, 1.165) is 32.2 Å². The van der Waals surface area contributed by atoms with Crippen LogP contribution in [-0.4, -0.2) is 55.1 Å². The Kier molecular flexibility index (Phi) is 4.83. The number of likely N-dealkylation sites (tertiary alicyclic amines) is 1. The summed E-state index contributed by atoms with van der Waals surface area (Å²) in [7, 11) is 4.43. The molecular weight excluding hydrogens is 236 g/mol. The largest absolute Gasteiger partial charge is 0.313 e. The molecule has 0 aromatic carbocycles.